The zero-order chi connectivity index (χ0) is 14.1. The van der Waals surface area contributed by atoms with Crippen LogP contribution in [0.25, 0.3) is 11.3 Å². The van der Waals surface area contributed by atoms with Gasteiger partial charge in [0.2, 0.25) is 6.79 Å². The highest BCUT2D eigenvalue weighted by Gasteiger charge is 2.20. The van der Waals surface area contributed by atoms with E-state index in [1.54, 1.807) is 6.33 Å². The van der Waals surface area contributed by atoms with Crippen LogP contribution in [0.4, 0.5) is 5.82 Å². The largest absolute Gasteiger partial charge is 0.454 e. The molecule has 2 N–H and O–H groups in total. The highest BCUT2D eigenvalue weighted by atomic mass is 79.9. The van der Waals surface area contributed by atoms with Gasteiger partial charge in [-0.25, -0.2) is 4.98 Å². The van der Waals surface area contributed by atoms with Gasteiger partial charge in [0.1, 0.15) is 11.5 Å². The van der Waals surface area contributed by atoms with E-state index in [0.717, 1.165) is 46.6 Å². The second-order valence-corrected chi connectivity index (χ2v) is 5.57. The Kier molecular flexibility index (Phi) is 3.56. The molecule has 0 aliphatic carbocycles. The van der Waals surface area contributed by atoms with Crippen LogP contribution in [-0.4, -0.2) is 16.3 Å². The number of hydrogen-bond donors (Lipinski definition) is 1. The quantitative estimate of drug-likeness (QED) is 0.928. The number of halogens is 1. The Hall–Kier alpha value is -1.69. The van der Waals surface area contributed by atoms with Gasteiger partial charge in [0.15, 0.2) is 11.5 Å². The molecule has 1 aromatic carbocycles. The fraction of sp³-hybridized carbons (Fsp3) is 0.357. The molecule has 106 valence electrons. The van der Waals surface area contributed by atoms with Crippen molar-refractivity contribution in [2.24, 2.45) is 0 Å². The van der Waals surface area contributed by atoms with Crippen molar-refractivity contribution in [2.45, 2.75) is 26.3 Å². The SMILES string of the molecule is CCCCn1cnc(-c2cc(Br)c3c(c2)OCO3)c1N. The van der Waals surface area contributed by atoms with Crippen LogP contribution in [0, 0.1) is 0 Å². The zero-order valence-electron chi connectivity index (χ0n) is 11.2. The number of hydrogen-bond acceptors (Lipinski definition) is 4. The lowest BCUT2D eigenvalue weighted by Crippen LogP contribution is -2.02. The molecule has 0 radical (unpaired) electrons. The van der Waals surface area contributed by atoms with E-state index in [1.165, 1.54) is 0 Å². The van der Waals surface area contributed by atoms with Gasteiger partial charge >= 0.3 is 0 Å². The molecule has 0 spiro atoms. The van der Waals surface area contributed by atoms with Crippen LogP contribution in [0.5, 0.6) is 11.5 Å². The summed E-state index contributed by atoms with van der Waals surface area (Å²) in [7, 11) is 0. The molecule has 20 heavy (non-hydrogen) atoms. The Bertz CT molecular complexity index is 640. The minimum atomic E-state index is 0.248. The van der Waals surface area contributed by atoms with Gasteiger partial charge in [-0.05, 0) is 34.5 Å². The lowest BCUT2D eigenvalue weighted by molar-refractivity contribution is 0.173. The zero-order valence-corrected chi connectivity index (χ0v) is 12.8. The van der Waals surface area contributed by atoms with E-state index in [-0.39, 0.29) is 6.79 Å². The first-order valence-corrected chi connectivity index (χ1v) is 7.40. The van der Waals surface area contributed by atoms with Crippen LogP contribution >= 0.6 is 15.9 Å². The third kappa shape index (κ3) is 2.24. The molecule has 0 atom stereocenters. The van der Waals surface area contributed by atoms with Gasteiger partial charge in [-0.3, -0.25) is 0 Å². The van der Waals surface area contributed by atoms with Gasteiger partial charge in [0, 0.05) is 12.1 Å². The summed E-state index contributed by atoms with van der Waals surface area (Å²) in [6.07, 6.45) is 4.01. The Morgan fingerprint density at radius 2 is 2.25 bits per heavy atom. The molecule has 0 amide bonds. The molecule has 2 heterocycles. The maximum absolute atomic E-state index is 6.18. The van der Waals surface area contributed by atoms with Gasteiger partial charge in [-0.2, -0.15) is 0 Å². The summed E-state index contributed by atoms with van der Waals surface area (Å²) in [5, 5.41) is 0. The summed E-state index contributed by atoms with van der Waals surface area (Å²) in [6.45, 7) is 3.29. The molecule has 1 aliphatic rings. The highest BCUT2D eigenvalue weighted by molar-refractivity contribution is 9.10. The van der Waals surface area contributed by atoms with Crippen LogP contribution in [0.15, 0.2) is 22.9 Å². The Balaban J connectivity index is 1.97. The van der Waals surface area contributed by atoms with E-state index in [0.29, 0.717) is 5.82 Å². The summed E-state index contributed by atoms with van der Waals surface area (Å²) in [5.41, 5.74) is 7.89. The number of ether oxygens (including phenoxy) is 2. The number of fused-ring (bicyclic) bond motifs is 1. The summed E-state index contributed by atoms with van der Waals surface area (Å²) in [6, 6.07) is 3.87. The summed E-state index contributed by atoms with van der Waals surface area (Å²) in [4.78, 5) is 4.43. The predicted octanol–water partition coefficient (Wildman–Crippen LogP) is 3.42. The summed E-state index contributed by atoms with van der Waals surface area (Å²) < 4.78 is 13.6. The Morgan fingerprint density at radius 1 is 1.40 bits per heavy atom. The summed E-state index contributed by atoms with van der Waals surface area (Å²) >= 11 is 3.49. The van der Waals surface area contributed by atoms with Crippen molar-refractivity contribution in [1.29, 1.82) is 0 Å². The van der Waals surface area contributed by atoms with Crippen molar-refractivity contribution in [3.8, 4) is 22.8 Å². The van der Waals surface area contributed by atoms with Gasteiger partial charge < -0.3 is 19.8 Å². The number of benzene rings is 1. The van der Waals surface area contributed by atoms with Crippen LogP contribution in [0.1, 0.15) is 19.8 Å². The lowest BCUT2D eigenvalue weighted by atomic mass is 10.1. The molecule has 0 fully saturated rings. The Morgan fingerprint density at radius 3 is 3.05 bits per heavy atom. The van der Waals surface area contributed by atoms with Crippen LogP contribution < -0.4 is 15.2 Å². The number of imidazole rings is 1. The molecule has 0 unspecified atom stereocenters. The van der Waals surface area contributed by atoms with Crippen LogP contribution in [0.2, 0.25) is 0 Å². The second kappa shape index (κ2) is 5.36. The number of nitrogens with two attached hydrogens (primary N) is 1. The smallest absolute Gasteiger partial charge is 0.231 e. The van der Waals surface area contributed by atoms with E-state index >= 15 is 0 Å². The van der Waals surface area contributed by atoms with Crippen LogP contribution in [-0.2, 0) is 6.54 Å². The van der Waals surface area contributed by atoms with E-state index in [9.17, 15) is 0 Å². The van der Waals surface area contributed by atoms with E-state index in [2.05, 4.69) is 27.8 Å². The van der Waals surface area contributed by atoms with E-state index < -0.39 is 0 Å². The molecule has 0 saturated carbocycles. The molecular formula is C14H16BrN3O2. The van der Waals surface area contributed by atoms with Gasteiger partial charge in [0.05, 0.1) is 10.8 Å². The maximum atomic E-state index is 6.18. The molecule has 3 rings (SSSR count). The second-order valence-electron chi connectivity index (χ2n) is 4.72. The van der Waals surface area contributed by atoms with Crippen molar-refractivity contribution in [3.63, 3.8) is 0 Å². The topological polar surface area (TPSA) is 62.3 Å². The standard InChI is InChI=1S/C14H16BrN3O2/c1-2-3-4-18-7-17-12(14(18)16)9-5-10(15)13-11(6-9)19-8-20-13/h5-7H,2-4,8,16H2,1H3. The van der Waals surface area contributed by atoms with Gasteiger partial charge in [-0.15, -0.1) is 0 Å². The van der Waals surface area contributed by atoms with E-state index in [1.807, 2.05) is 16.7 Å². The molecule has 6 heteroatoms. The number of aromatic nitrogens is 2. The number of nitrogens with zero attached hydrogens (tertiary/aromatic N) is 2. The number of anilines is 1. The number of unbranched alkanes of at least 4 members (excludes halogenated alkanes) is 1. The van der Waals surface area contributed by atoms with Crippen LogP contribution in [0.3, 0.4) is 0 Å². The predicted molar refractivity (Wildman–Crippen MR) is 80.8 cm³/mol. The third-order valence-electron chi connectivity index (χ3n) is 3.33. The van der Waals surface area contributed by atoms with Crippen molar-refractivity contribution in [1.82, 2.24) is 9.55 Å². The molecular weight excluding hydrogens is 322 g/mol. The molecule has 0 bridgehead atoms. The molecule has 0 saturated heterocycles. The average molecular weight is 338 g/mol. The maximum Gasteiger partial charge on any atom is 0.231 e. The molecule has 1 aromatic heterocycles. The van der Waals surface area contributed by atoms with Crippen molar-refractivity contribution in [2.75, 3.05) is 12.5 Å². The molecule has 2 aromatic rings. The molecule has 5 nitrogen and oxygen atoms in total. The first kappa shape index (κ1) is 13.3. The Labute approximate surface area is 125 Å². The normalized spacial score (nSPS) is 12.9. The first-order chi connectivity index (χ1) is 9.70. The number of nitrogen functional groups attached to an aromatic ring is 1. The highest BCUT2D eigenvalue weighted by Crippen LogP contribution is 2.43. The third-order valence-corrected chi connectivity index (χ3v) is 3.92. The number of rotatable bonds is 4. The van der Waals surface area contributed by atoms with Gasteiger partial charge in [-0.1, -0.05) is 13.3 Å². The van der Waals surface area contributed by atoms with Gasteiger partial charge in [0.25, 0.3) is 0 Å². The minimum absolute atomic E-state index is 0.248. The molecule has 1 aliphatic heterocycles. The fourth-order valence-corrected chi connectivity index (χ4v) is 2.78. The monoisotopic (exact) mass is 337 g/mol. The first-order valence-electron chi connectivity index (χ1n) is 6.60. The number of aryl methyl sites for hydroxylation is 1. The van der Waals surface area contributed by atoms with Crippen molar-refractivity contribution < 1.29 is 9.47 Å². The average Bonchev–Trinajstić information content (AvgIpc) is 3.03. The summed E-state index contributed by atoms with van der Waals surface area (Å²) in [5.74, 6) is 2.14. The minimum Gasteiger partial charge on any atom is -0.454 e. The fourth-order valence-electron chi connectivity index (χ4n) is 2.22. The van der Waals surface area contributed by atoms with Crippen molar-refractivity contribution >= 4 is 21.7 Å². The van der Waals surface area contributed by atoms with E-state index in [4.69, 9.17) is 15.2 Å². The van der Waals surface area contributed by atoms with Crippen molar-refractivity contribution in [3.05, 3.63) is 22.9 Å². The lowest BCUT2D eigenvalue weighted by Gasteiger charge is -2.06.